The Morgan fingerprint density at radius 3 is 2.96 bits per heavy atom. The van der Waals surface area contributed by atoms with E-state index >= 15 is 0 Å². The number of benzene rings is 1. The zero-order valence-corrected chi connectivity index (χ0v) is 15.5. The Labute approximate surface area is 162 Å². The number of nitrogens with zero attached hydrogens (tertiary/aromatic N) is 4. The van der Waals surface area contributed by atoms with Crippen molar-refractivity contribution in [1.29, 1.82) is 0 Å². The number of aromatic nitrogens is 3. The van der Waals surface area contributed by atoms with Gasteiger partial charge in [0, 0.05) is 36.3 Å². The van der Waals surface area contributed by atoms with Crippen LogP contribution in [0.1, 0.15) is 30.7 Å². The fraction of sp³-hybridized carbons (Fsp3) is 0.333. The van der Waals surface area contributed by atoms with E-state index in [1.54, 1.807) is 18.6 Å². The Balaban J connectivity index is 1.34. The van der Waals surface area contributed by atoms with Crippen molar-refractivity contribution in [3.63, 3.8) is 0 Å². The van der Waals surface area contributed by atoms with Gasteiger partial charge in [-0.15, -0.1) is 0 Å². The molecule has 28 heavy (non-hydrogen) atoms. The monoisotopic (exact) mass is 375 g/mol. The Morgan fingerprint density at radius 2 is 2.04 bits per heavy atom. The molecule has 0 spiro atoms. The van der Waals surface area contributed by atoms with E-state index in [9.17, 15) is 0 Å². The first-order chi connectivity index (χ1) is 13.9. The lowest BCUT2D eigenvalue weighted by molar-refractivity contribution is -0.0116. The SMILES string of the molecule is c1cnc2c(n1)CN=C2Nc1ccc2c(OCC3CCCCO3)nccc2c1. The number of anilines is 1. The molecule has 0 saturated carbocycles. The van der Waals surface area contributed by atoms with Gasteiger partial charge in [0.1, 0.15) is 12.3 Å². The number of aliphatic imine (C=N–C) groups is 1. The van der Waals surface area contributed by atoms with E-state index in [0.29, 0.717) is 19.0 Å². The maximum absolute atomic E-state index is 5.98. The first-order valence-electron chi connectivity index (χ1n) is 9.62. The summed E-state index contributed by atoms with van der Waals surface area (Å²) in [6.07, 6.45) is 8.70. The van der Waals surface area contributed by atoms with Gasteiger partial charge < -0.3 is 14.8 Å². The lowest BCUT2D eigenvalue weighted by Gasteiger charge is -2.22. The maximum Gasteiger partial charge on any atom is 0.221 e. The molecule has 5 rings (SSSR count). The molecule has 7 nitrogen and oxygen atoms in total. The van der Waals surface area contributed by atoms with Crippen molar-refractivity contribution >= 4 is 22.3 Å². The van der Waals surface area contributed by atoms with Crippen LogP contribution in [-0.4, -0.2) is 40.1 Å². The number of nitrogens with one attached hydrogen (secondary N) is 1. The highest BCUT2D eigenvalue weighted by Gasteiger charge is 2.19. The van der Waals surface area contributed by atoms with Crippen molar-refractivity contribution in [2.24, 2.45) is 4.99 Å². The van der Waals surface area contributed by atoms with Crippen LogP contribution in [0.25, 0.3) is 10.8 Å². The largest absolute Gasteiger partial charge is 0.474 e. The fourth-order valence-electron chi connectivity index (χ4n) is 3.60. The van der Waals surface area contributed by atoms with E-state index in [4.69, 9.17) is 9.47 Å². The Kier molecular flexibility index (Phi) is 4.58. The van der Waals surface area contributed by atoms with Crippen LogP contribution in [0.15, 0.2) is 47.8 Å². The molecule has 142 valence electrons. The summed E-state index contributed by atoms with van der Waals surface area (Å²) in [5.74, 6) is 1.40. The molecule has 1 atom stereocenters. The molecule has 3 aromatic rings. The third-order valence-corrected chi connectivity index (χ3v) is 5.06. The zero-order chi connectivity index (χ0) is 18.8. The van der Waals surface area contributed by atoms with Crippen molar-refractivity contribution in [3.05, 3.63) is 54.2 Å². The van der Waals surface area contributed by atoms with Crippen molar-refractivity contribution in [1.82, 2.24) is 15.0 Å². The molecular weight excluding hydrogens is 354 g/mol. The van der Waals surface area contributed by atoms with E-state index in [1.807, 2.05) is 18.2 Å². The summed E-state index contributed by atoms with van der Waals surface area (Å²) in [5.41, 5.74) is 2.65. The minimum Gasteiger partial charge on any atom is -0.474 e. The second-order valence-corrected chi connectivity index (χ2v) is 6.99. The van der Waals surface area contributed by atoms with Crippen LogP contribution in [0.4, 0.5) is 5.69 Å². The Morgan fingerprint density at radius 1 is 1.07 bits per heavy atom. The second kappa shape index (κ2) is 7.52. The van der Waals surface area contributed by atoms with Gasteiger partial charge in [-0.3, -0.25) is 9.98 Å². The topological polar surface area (TPSA) is 81.5 Å². The van der Waals surface area contributed by atoms with Crippen LogP contribution in [0.5, 0.6) is 5.88 Å². The number of hydrogen-bond donors (Lipinski definition) is 1. The molecule has 1 fully saturated rings. The molecule has 4 heterocycles. The highest BCUT2D eigenvalue weighted by molar-refractivity contribution is 6.09. The molecule has 0 aliphatic carbocycles. The smallest absolute Gasteiger partial charge is 0.221 e. The molecule has 0 radical (unpaired) electrons. The summed E-state index contributed by atoms with van der Waals surface area (Å²) >= 11 is 0. The van der Waals surface area contributed by atoms with Crippen molar-refractivity contribution < 1.29 is 9.47 Å². The number of pyridine rings is 1. The predicted molar refractivity (Wildman–Crippen MR) is 107 cm³/mol. The van der Waals surface area contributed by atoms with E-state index in [2.05, 4.69) is 31.3 Å². The van der Waals surface area contributed by atoms with Gasteiger partial charge in [-0.25, -0.2) is 9.97 Å². The number of rotatable bonds is 4. The van der Waals surface area contributed by atoms with Gasteiger partial charge in [-0.1, -0.05) is 0 Å². The van der Waals surface area contributed by atoms with E-state index in [0.717, 1.165) is 53.1 Å². The van der Waals surface area contributed by atoms with Gasteiger partial charge in [0.25, 0.3) is 0 Å². The first-order valence-corrected chi connectivity index (χ1v) is 9.62. The highest BCUT2D eigenvalue weighted by atomic mass is 16.5. The van der Waals surface area contributed by atoms with E-state index in [-0.39, 0.29) is 6.10 Å². The highest BCUT2D eigenvalue weighted by Crippen LogP contribution is 2.27. The molecule has 0 bridgehead atoms. The summed E-state index contributed by atoms with van der Waals surface area (Å²) in [6, 6.07) is 8.08. The van der Waals surface area contributed by atoms with Crippen LogP contribution >= 0.6 is 0 Å². The van der Waals surface area contributed by atoms with Gasteiger partial charge in [-0.05, 0) is 48.9 Å². The molecule has 0 amide bonds. The maximum atomic E-state index is 5.98. The standard InChI is InChI=1S/C21H21N5O2/c1-2-10-27-16(3-1)13-28-21-17-5-4-15(11-14(17)6-7-24-21)26-20-19-18(12-25-20)22-8-9-23-19/h4-9,11,16H,1-3,10,12-13H2,(H,25,26). The summed E-state index contributed by atoms with van der Waals surface area (Å²) < 4.78 is 11.7. The van der Waals surface area contributed by atoms with Crippen LogP contribution in [0.3, 0.4) is 0 Å². The summed E-state index contributed by atoms with van der Waals surface area (Å²) in [7, 11) is 0. The van der Waals surface area contributed by atoms with Gasteiger partial charge in [0.2, 0.25) is 5.88 Å². The summed E-state index contributed by atoms with van der Waals surface area (Å²) in [5, 5.41) is 5.40. The number of amidine groups is 1. The van der Waals surface area contributed by atoms with Gasteiger partial charge in [0.15, 0.2) is 5.84 Å². The summed E-state index contributed by atoms with van der Waals surface area (Å²) in [6.45, 7) is 1.92. The van der Waals surface area contributed by atoms with Crippen molar-refractivity contribution in [2.45, 2.75) is 31.9 Å². The van der Waals surface area contributed by atoms with Crippen molar-refractivity contribution in [3.8, 4) is 5.88 Å². The quantitative estimate of drug-likeness (QED) is 0.753. The molecule has 1 saturated heterocycles. The lowest BCUT2D eigenvalue weighted by Crippen LogP contribution is -2.26. The molecule has 1 N–H and O–H groups in total. The second-order valence-electron chi connectivity index (χ2n) is 6.99. The molecule has 2 aliphatic heterocycles. The Hall–Kier alpha value is -3.06. The minimum atomic E-state index is 0.160. The van der Waals surface area contributed by atoms with E-state index in [1.165, 1.54) is 6.42 Å². The number of fused-ring (bicyclic) bond motifs is 2. The third kappa shape index (κ3) is 3.41. The first kappa shape index (κ1) is 17.1. The normalized spacial score (nSPS) is 18.6. The molecule has 2 aliphatic rings. The molecule has 1 aromatic carbocycles. The van der Waals surface area contributed by atoms with Gasteiger partial charge >= 0.3 is 0 Å². The van der Waals surface area contributed by atoms with Gasteiger partial charge in [-0.2, -0.15) is 0 Å². The third-order valence-electron chi connectivity index (χ3n) is 5.06. The lowest BCUT2D eigenvalue weighted by atomic mass is 10.1. The molecule has 2 aromatic heterocycles. The molecule has 1 unspecified atom stereocenters. The van der Waals surface area contributed by atoms with Crippen molar-refractivity contribution in [2.75, 3.05) is 18.5 Å². The van der Waals surface area contributed by atoms with Crippen LogP contribution < -0.4 is 10.1 Å². The molecule has 7 heteroatoms. The molecular formula is C21H21N5O2. The fourth-order valence-corrected chi connectivity index (χ4v) is 3.60. The van der Waals surface area contributed by atoms with E-state index < -0.39 is 0 Å². The summed E-state index contributed by atoms with van der Waals surface area (Å²) in [4.78, 5) is 17.6. The zero-order valence-electron chi connectivity index (χ0n) is 15.5. The minimum absolute atomic E-state index is 0.160. The number of ether oxygens (including phenoxy) is 2. The van der Waals surface area contributed by atoms with Crippen LogP contribution in [-0.2, 0) is 11.3 Å². The van der Waals surface area contributed by atoms with Gasteiger partial charge in [0.05, 0.1) is 18.3 Å². The average molecular weight is 375 g/mol. The van der Waals surface area contributed by atoms with Crippen LogP contribution in [0.2, 0.25) is 0 Å². The average Bonchev–Trinajstić information content (AvgIpc) is 3.16. The number of hydrogen-bond acceptors (Lipinski definition) is 7. The van der Waals surface area contributed by atoms with Crippen LogP contribution in [0, 0.1) is 0 Å². The Bertz CT molecular complexity index is 1030. The predicted octanol–water partition coefficient (Wildman–Crippen LogP) is 3.35.